The van der Waals surface area contributed by atoms with Crippen LogP contribution in [0.2, 0.25) is 0 Å². The number of nitrogens with zero attached hydrogens (tertiary/aromatic N) is 2. The van der Waals surface area contributed by atoms with E-state index in [2.05, 4.69) is 20.8 Å². The molecule has 1 saturated carbocycles. The van der Waals surface area contributed by atoms with E-state index in [1.165, 1.54) is 0 Å². The molecule has 3 rings (SSSR count). The number of hydrogen-bond donors (Lipinski definition) is 2. The van der Waals surface area contributed by atoms with E-state index in [4.69, 9.17) is 13.9 Å². The van der Waals surface area contributed by atoms with Gasteiger partial charge in [0.15, 0.2) is 0 Å². The topological polar surface area (TPSA) is 116 Å². The van der Waals surface area contributed by atoms with Crippen molar-refractivity contribution in [2.75, 3.05) is 0 Å². The molecule has 0 saturated heterocycles. The summed E-state index contributed by atoms with van der Waals surface area (Å²) in [7, 11) is 0. The van der Waals surface area contributed by atoms with Gasteiger partial charge in [-0.05, 0) is 45.6 Å². The highest BCUT2D eigenvalue weighted by atomic mass is 19.4. The normalized spacial score (nSPS) is 20.9. The quantitative estimate of drug-likeness (QED) is 0.640. The second-order valence-corrected chi connectivity index (χ2v) is 9.02. The Bertz CT molecular complexity index is 975. The summed E-state index contributed by atoms with van der Waals surface area (Å²) in [5, 5.41) is 12.0. The molecule has 1 heterocycles. The summed E-state index contributed by atoms with van der Waals surface area (Å²) in [6.07, 6.45) is -5.31. The van der Waals surface area contributed by atoms with Gasteiger partial charge in [-0.1, -0.05) is 30.3 Å². The largest absolute Gasteiger partial charge is 0.470 e. The van der Waals surface area contributed by atoms with Gasteiger partial charge in [-0.3, -0.25) is 0 Å². The Hall–Kier alpha value is -3.31. The summed E-state index contributed by atoms with van der Waals surface area (Å²) in [6, 6.07) is 7.89. The molecule has 1 fully saturated rings. The van der Waals surface area contributed by atoms with Crippen molar-refractivity contribution in [2.24, 2.45) is 0 Å². The van der Waals surface area contributed by atoms with E-state index in [0.29, 0.717) is 12.8 Å². The van der Waals surface area contributed by atoms with E-state index in [1.54, 1.807) is 20.8 Å². The molecule has 0 bridgehead atoms. The van der Waals surface area contributed by atoms with Crippen LogP contribution in [-0.4, -0.2) is 40.1 Å². The lowest BCUT2D eigenvalue weighted by molar-refractivity contribution is -0.157. The minimum atomic E-state index is -4.75. The fourth-order valence-corrected chi connectivity index (χ4v) is 3.62. The van der Waals surface area contributed by atoms with Crippen LogP contribution in [0.3, 0.4) is 0 Å². The molecule has 2 N–H and O–H groups in total. The number of carbonyl (C=O) groups is 2. The van der Waals surface area contributed by atoms with E-state index in [-0.39, 0.29) is 18.9 Å². The number of hydrogen-bond acceptors (Lipinski definition) is 7. The molecule has 0 radical (unpaired) electrons. The van der Waals surface area contributed by atoms with Crippen LogP contribution >= 0.6 is 0 Å². The van der Waals surface area contributed by atoms with Gasteiger partial charge in [0.1, 0.15) is 12.2 Å². The van der Waals surface area contributed by atoms with Crippen LogP contribution in [0.1, 0.15) is 63.3 Å². The lowest BCUT2D eigenvalue weighted by Crippen LogP contribution is -2.55. The molecule has 2 aromatic rings. The number of alkyl carbamates (subject to hydrolysis) is 2. The van der Waals surface area contributed by atoms with Gasteiger partial charge in [-0.15, -0.1) is 10.2 Å². The molecule has 0 aliphatic heterocycles. The highest BCUT2D eigenvalue weighted by molar-refractivity contribution is 5.70. The van der Waals surface area contributed by atoms with Gasteiger partial charge in [0.2, 0.25) is 5.89 Å². The van der Waals surface area contributed by atoms with Crippen LogP contribution in [0.4, 0.5) is 22.8 Å². The average Bonchev–Trinajstić information content (AvgIpc) is 3.24. The Labute approximate surface area is 194 Å². The maximum Gasteiger partial charge on any atom is 0.470 e. The molecule has 3 unspecified atom stereocenters. The van der Waals surface area contributed by atoms with Gasteiger partial charge in [0.25, 0.3) is 0 Å². The van der Waals surface area contributed by atoms with Gasteiger partial charge >= 0.3 is 24.3 Å². The molecule has 186 valence electrons. The van der Waals surface area contributed by atoms with Gasteiger partial charge < -0.3 is 24.5 Å². The summed E-state index contributed by atoms with van der Waals surface area (Å²) in [5.74, 6) is -2.14. The molecule has 12 heteroatoms. The Morgan fingerprint density at radius 1 is 1.03 bits per heavy atom. The number of amides is 2. The fourth-order valence-electron chi connectivity index (χ4n) is 3.62. The minimum absolute atomic E-state index is 0.0639. The lowest BCUT2D eigenvalue weighted by atomic mass is 9.82. The van der Waals surface area contributed by atoms with Crippen molar-refractivity contribution < 1.29 is 36.7 Å². The predicted octanol–water partition coefficient (Wildman–Crippen LogP) is 4.54. The average molecular weight is 484 g/mol. The number of aromatic nitrogens is 2. The number of carbonyl (C=O) groups excluding carboxylic acids is 2. The van der Waals surface area contributed by atoms with Crippen molar-refractivity contribution in [3.8, 4) is 0 Å². The van der Waals surface area contributed by atoms with Gasteiger partial charge in [-0.2, -0.15) is 13.2 Å². The lowest BCUT2D eigenvalue weighted by Gasteiger charge is -2.35. The summed E-state index contributed by atoms with van der Waals surface area (Å²) in [5.41, 5.74) is 0.0470. The highest BCUT2D eigenvalue weighted by Gasteiger charge is 2.41. The van der Waals surface area contributed by atoms with Crippen molar-refractivity contribution in [2.45, 2.75) is 76.4 Å². The number of alkyl halides is 3. The number of rotatable bonds is 5. The molecule has 1 aliphatic carbocycles. The highest BCUT2D eigenvalue weighted by Crippen LogP contribution is 2.35. The smallest absolute Gasteiger partial charge is 0.445 e. The zero-order valence-corrected chi connectivity index (χ0v) is 19.0. The van der Waals surface area contributed by atoms with E-state index in [0.717, 1.165) is 5.56 Å². The Morgan fingerprint density at radius 3 is 2.32 bits per heavy atom. The molecule has 34 heavy (non-hydrogen) atoms. The SMILES string of the molecule is CC(C)(C)OC(=O)NC1CC(c2nnc(C(F)(F)F)o2)CCC1NC(=O)OCc1ccccc1. The first-order chi connectivity index (χ1) is 15.9. The zero-order chi connectivity index (χ0) is 24.9. The molecule has 2 amide bonds. The second-order valence-electron chi connectivity index (χ2n) is 9.02. The van der Waals surface area contributed by atoms with Crippen LogP contribution in [-0.2, 0) is 22.3 Å². The first-order valence-electron chi connectivity index (χ1n) is 10.8. The Balaban J connectivity index is 1.67. The number of nitrogens with one attached hydrogen (secondary N) is 2. The summed E-state index contributed by atoms with van der Waals surface area (Å²) in [6.45, 7) is 5.16. The van der Waals surface area contributed by atoms with Gasteiger partial charge in [0.05, 0.1) is 12.1 Å². The van der Waals surface area contributed by atoms with E-state index >= 15 is 0 Å². The van der Waals surface area contributed by atoms with Crippen LogP contribution in [0.25, 0.3) is 0 Å². The van der Waals surface area contributed by atoms with Gasteiger partial charge in [-0.25, -0.2) is 9.59 Å². The number of halogens is 3. The van der Waals surface area contributed by atoms with E-state index in [9.17, 15) is 22.8 Å². The Kier molecular flexibility index (Phi) is 7.68. The Morgan fingerprint density at radius 2 is 1.71 bits per heavy atom. The monoisotopic (exact) mass is 484 g/mol. The molecule has 9 nitrogen and oxygen atoms in total. The third kappa shape index (κ3) is 7.35. The number of benzene rings is 1. The van der Waals surface area contributed by atoms with Crippen LogP contribution in [0, 0.1) is 0 Å². The van der Waals surface area contributed by atoms with Crippen LogP contribution < -0.4 is 10.6 Å². The molecule has 1 aromatic carbocycles. The van der Waals surface area contributed by atoms with Crippen molar-refractivity contribution in [3.05, 3.63) is 47.7 Å². The molecule has 1 aliphatic rings. The van der Waals surface area contributed by atoms with Crippen LogP contribution in [0.5, 0.6) is 0 Å². The maximum absolute atomic E-state index is 12.8. The van der Waals surface area contributed by atoms with E-state index < -0.39 is 47.9 Å². The van der Waals surface area contributed by atoms with Gasteiger partial charge in [0, 0.05) is 5.92 Å². The fraction of sp³-hybridized carbons (Fsp3) is 0.545. The molecular weight excluding hydrogens is 457 g/mol. The second kappa shape index (κ2) is 10.3. The standard InChI is InChI=1S/C22H27F3N4O5/c1-21(2,3)34-20(31)27-16-11-14(17-28-29-18(33-17)22(23,24)25)9-10-15(16)26-19(30)32-12-13-7-5-4-6-8-13/h4-8,14-16H,9-12H2,1-3H3,(H,26,30)(H,27,31). The summed E-state index contributed by atoms with van der Waals surface area (Å²) < 4.78 is 53.9. The van der Waals surface area contributed by atoms with Crippen LogP contribution in [0.15, 0.2) is 34.7 Å². The zero-order valence-electron chi connectivity index (χ0n) is 19.0. The summed E-state index contributed by atoms with van der Waals surface area (Å²) >= 11 is 0. The van der Waals surface area contributed by atoms with Crippen molar-refractivity contribution in [1.29, 1.82) is 0 Å². The molecule has 1 aromatic heterocycles. The third-order valence-corrected chi connectivity index (χ3v) is 5.10. The molecular formula is C22H27F3N4O5. The maximum atomic E-state index is 12.8. The number of ether oxygens (including phenoxy) is 2. The van der Waals surface area contributed by atoms with Crippen molar-refractivity contribution in [3.63, 3.8) is 0 Å². The molecule has 3 atom stereocenters. The third-order valence-electron chi connectivity index (χ3n) is 5.10. The first kappa shape index (κ1) is 25.3. The van der Waals surface area contributed by atoms with Crippen molar-refractivity contribution >= 4 is 12.2 Å². The van der Waals surface area contributed by atoms with E-state index in [1.807, 2.05) is 30.3 Å². The predicted molar refractivity (Wildman–Crippen MR) is 113 cm³/mol. The summed E-state index contributed by atoms with van der Waals surface area (Å²) in [4.78, 5) is 24.7. The first-order valence-corrected chi connectivity index (χ1v) is 10.8. The minimum Gasteiger partial charge on any atom is -0.445 e. The van der Waals surface area contributed by atoms with Crippen molar-refractivity contribution in [1.82, 2.24) is 20.8 Å². The molecule has 0 spiro atoms.